The Morgan fingerprint density at radius 3 is 2.65 bits per heavy atom. The minimum Gasteiger partial charge on any atom is -0.363 e. The maximum absolute atomic E-state index is 12.6. The lowest BCUT2D eigenvalue weighted by molar-refractivity contribution is -0.155. The van der Waals surface area contributed by atoms with Crippen molar-refractivity contribution in [2.75, 3.05) is 19.7 Å². The number of aryl methyl sites for hydroxylation is 1. The first kappa shape index (κ1) is 22.5. The van der Waals surface area contributed by atoms with E-state index in [1.54, 1.807) is 55.7 Å². The van der Waals surface area contributed by atoms with Crippen molar-refractivity contribution in [3.8, 4) is 0 Å². The SMILES string of the molecule is C=CCON(C(=O)Cl)C1C=C(c2ccc(=O)n(C)c2)CN(OC(=O)c2ccccc2)C1. The Morgan fingerprint density at radius 2 is 2.00 bits per heavy atom. The van der Waals surface area contributed by atoms with Gasteiger partial charge in [-0.05, 0) is 40.9 Å². The summed E-state index contributed by atoms with van der Waals surface area (Å²) in [6.45, 7) is 4.03. The third-order valence-corrected chi connectivity index (χ3v) is 4.78. The summed E-state index contributed by atoms with van der Waals surface area (Å²) in [5, 5.41) is 1.62. The van der Waals surface area contributed by atoms with Crippen molar-refractivity contribution in [2.24, 2.45) is 7.05 Å². The molecule has 1 amide bonds. The Hall–Kier alpha value is -3.20. The number of rotatable bonds is 7. The second-order valence-corrected chi connectivity index (χ2v) is 7.18. The van der Waals surface area contributed by atoms with Crippen LogP contribution in [-0.2, 0) is 16.7 Å². The first-order valence-corrected chi connectivity index (χ1v) is 9.89. The number of hydrogen-bond acceptors (Lipinski definition) is 6. The summed E-state index contributed by atoms with van der Waals surface area (Å²) in [4.78, 5) is 47.3. The highest BCUT2D eigenvalue weighted by molar-refractivity contribution is 6.62. The first-order valence-electron chi connectivity index (χ1n) is 9.51. The second kappa shape index (κ2) is 10.2. The second-order valence-electron chi connectivity index (χ2n) is 6.86. The summed E-state index contributed by atoms with van der Waals surface area (Å²) in [5.74, 6) is -0.531. The fourth-order valence-corrected chi connectivity index (χ4v) is 3.31. The molecule has 1 aromatic heterocycles. The topological polar surface area (TPSA) is 81.1 Å². The van der Waals surface area contributed by atoms with E-state index >= 15 is 0 Å². The summed E-state index contributed by atoms with van der Waals surface area (Å²) in [5.41, 5.74) is 1.71. The van der Waals surface area contributed by atoms with Crippen molar-refractivity contribution in [3.05, 3.63) is 88.9 Å². The molecule has 0 bridgehead atoms. The normalized spacial score (nSPS) is 16.3. The van der Waals surface area contributed by atoms with Gasteiger partial charge in [-0.15, -0.1) is 11.6 Å². The summed E-state index contributed by atoms with van der Waals surface area (Å²) in [6.07, 6.45) is 4.96. The van der Waals surface area contributed by atoms with Crippen LogP contribution in [0, 0.1) is 0 Å². The molecule has 162 valence electrons. The molecule has 0 fully saturated rings. The van der Waals surface area contributed by atoms with E-state index in [1.165, 1.54) is 21.8 Å². The highest BCUT2D eigenvalue weighted by Crippen LogP contribution is 2.24. The van der Waals surface area contributed by atoms with Crippen molar-refractivity contribution in [1.82, 2.24) is 14.7 Å². The van der Waals surface area contributed by atoms with Crippen molar-refractivity contribution < 1.29 is 19.3 Å². The van der Waals surface area contributed by atoms with Gasteiger partial charge in [-0.3, -0.25) is 14.4 Å². The number of hydroxylamine groups is 4. The Kier molecular flexibility index (Phi) is 7.41. The van der Waals surface area contributed by atoms with E-state index in [1.807, 2.05) is 0 Å². The van der Waals surface area contributed by atoms with Crippen LogP contribution in [0.3, 0.4) is 0 Å². The monoisotopic (exact) mass is 443 g/mol. The van der Waals surface area contributed by atoms with Crippen molar-refractivity contribution >= 4 is 28.5 Å². The Balaban J connectivity index is 1.91. The predicted octanol–water partition coefficient (Wildman–Crippen LogP) is 3.00. The minimum atomic E-state index is -0.820. The molecule has 1 unspecified atom stereocenters. The van der Waals surface area contributed by atoms with Crippen LogP contribution >= 0.6 is 11.6 Å². The van der Waals surface area contributed by atoms with E-state index in [9.17, 15) is 14.4 Å². The molecule has 3 rings (SSSR count). The van der Waals surface area contributed by atoms with Crippen LogP contribution in [0.4, 0.5) is 4.79 Å². The quantitative estimate of drug-likeness (QED) is 0.283. The lowest BCUT2D eigenvalue weighted by Crippen LogP contribution is -2.48. The third kappa shape index (κ3) is 5.69. The number of nitrogens with zero attached hydrogens (tertiary/aromatic N) is 3. The maximum Gasteiger partial charge on any atom is 0.357 e. The number of aromatic nitrogens is 1. The van der Waals surface area contributed by atoms with Crippen LogP contribution in [0.25, 0.3) is 5.57 Å². The molecule has 2 heterocycles. The van der Waals surface area contributed by atoms with E-state index in [0.717, 1.165) is 16.2 Å². The molecule has 0 radical (unpaired) electrons. The molecule has 1 aromatic carbocycles. The standard InChI is InChI=1S/C22H22ClN3O5/c1-3-11-30-26(22(23)29)19-12-18(17-9-10-20(27)24(2)13-17)14-25(15-19)31-21(28)16-7-5-4-6-8-16/h3-10,12-13,19H,1,11,14-15H2,2H3. The van der Waals surface area contributed by atoms with Gasteiger partial charge in [0.1, 0.15) is 0 Å². The van der Waals surface area contributed by atoms with E-state index in [0.29, 0.717) is 5.56 Å². The van der Waals surface area contributed by atoms with Crippen LogP contribution in [0.15, 0.2) is 72.2 Å². The summed E-state index contributed by atoms with van der Waals surface area (Å²) in [7, 11) is 1.64. The van der Waals surface area contributed by atoms with Crippen molar-refractivity contribution in [1.29, 1.82) is 0 Å². The molecule has 0 N–H and O–H groups in total. The zero-order valence-electron chi connectivity index (χ0n) is 16.9. The van der Waals surface area contributed by atoms with Gasteiger partial charge in [0.25, 0.3) is 0 Å². The summed E-state index contributed by atoms with van der Waals surface area (Å²) < 4.78 is 1.44. The number of amides is 1. The third-order valence-electron chi connectivity index (χ3n) is 4.62. The van der Waals surface area contributed by atoms with Crippen LogP contribution in [0.1, 0.15) is 15.9 Å². The molecule has 0 saturated heterocycles. The number of hydrogen-bond donors (Lipinski definition) is 0. The van der Waals surface area contributed by atoms with Gasteiger partial charge >= 0.3 is 11.3 Å². The Bertz CT molecular complexity index is 1050. The van der Waals surface area contributed by atoms with Gasteiger partial charge in [0, 0.05) is 19.3 Å². The number of benzene rings is 1. The molecule has 31 heavy (non-hydrogen) atoms. The van der Waals surface area contributed by atoms with Crippen molar-refractivity contribution in [3.63, 3.8) is 0 Å². The fraction of sp³-hybridized carbons (Fsp3) is 0.227. The van der Waals surface area contributed by atoms with Crippen LogP contribution in [0.2, 0.25) is 0 Å². The molecular weight excluding hydrogens is 422 g/mol. The zero-order chi connectivity index (χ0) is 22.4. The van der Waals surface area contributed by atoms with Crippen LogP contribution < -0.4 is 5.56 Å². The van der Waals surface area contributed by atoms with E-state index in [-0.39, 0.29) is 25.3 Å². The van der Waals surface area contributed by atoms with Gasteiger partial charge in [0.05, 0.1) is 31.3 Å². The first-order chi connectivity index (χ1) is 14.9. The molecular formula is C22H22ClN3O5. The smallest absolute Gasteiger partial charge is 0.357 e. The number of carbonyl (C=O) groups excluding carboxylic acids is 2. The Morgan fingerprint density at radius 1 is 1.26 bits per heavy atom. The van der Waals surface area contributed by atoms with Crippen molar-refractivity contribution in [2.45, 2.75) is 6.04 Å². The molecule has 9 heteroatoms. The van der Waals surface area contributed by atoms with Crippen LogP contribution in [0.5, 0.6) is 0 Å². The summed E-state index contributed by atoms with van der Waals surface area (Å²) >= 11 is 5.73. The number of halogens is 1. The molecule has 0 saturated carbocycles. The lowest BCUT2D eigenvalue weighted by Gasteiger charge is -2.35. The van der Waals surface area contributed by atoms with Gasteiger partial charge < -0.3 is 9.40 Å². The number of pyridine rings is 1. The fourth-order valence-electron chi connectivity index (χ4n) is 3.14. The van der Waals surface area contributed by atoms with Gasteiger partial charge in [0.2, 0.25) is 5.56 Å². The number of carbonyl (C=O) groups is 2. The van der Waals surface area contributed by atoms with E-state index in [4.69, 9.17) is 21.3 Å². The molecule has 1 atom stereocenters. The van der Waals surface area contributed by atoms with Crippen LogP contribution in [-0.4, -0.2) is 51.8 Å². The molecule has 0 spiro atoms. The molecule has 8 nitrogen and oxygen atoms in total. The highest BCUT2D eigenvalue weighted by atomic mass is 35.5. The molecule has 2 aromatic rings. The average molecular weight is 444 g/mol. The summed E-state index contributed by atoms with van der Waals surface area (Å²) in [6, 6.07) is 11.0. The lowest BCUT2D eigenvalue weighted by atomic mass is 10.0. The van der Waals surface area contributed by atoms with E-state index < -0.39 is 17.4 Å². The zero-order valence-corrected chi connectivity index (χ0v) is 17.7. The molecule has 1 aliphatic heterocycles. The van der Waals surface area contributed by atoms with Gasteiger partial charge in [-0.1, -0.05) is 30.4 Å². The van der Waals surface area contributed by atoms with Gasteiger partial charge in [0.15, 0.2) is 0 Å². The maximum atomic E-state index is 12.6. The van der Waals surface area contributed by atoms with Gasteiger partial charge in [-0.2, -0.15) is 5.06 Å². The average Bonchev–Trinajstić information content (AvgIpc) is 2.76. The molecule has 1 aliphatic rings. The Labute approximate surface area is 184 Å². The highest BCUT2D eigenvalue weighted by Gasteiger charge is 2.31. The van der Waals surface area contributed by atoms with E-state index in [2.05, 4.69) is 6.58 Å². The minimum absolute atomic E-state index is 0.0712. The molecule has 0 aliphatic carbocycles. The predicted molar refractivity (Wildman–Crippen MR) is 116 cm³/mol. The largest absolute Gasteiger partial charge is 0.363 e. The van der Waals surface area contributed by atoms with Gasteiger partial charge in [-0.25, -0.2) is 4.79 Å².